The summed E-state index contributed by atoms with van der Waals surface area (Å²) in [4.78, 5) is 33.8. The first-order valence-corrected chi connectivity index (χ1v) is 16.9. The number of nitrogens with zero attached hydrogens (tertiary/aromatic N) is 4. The number of para-hydroxylation sites is 1. The molecule has 11 heteroatoms. The van der Waals surface area contributed by atoms with E-state index in [0.717, 1.165) is 27.6 Å². The highest BCUT2D eigenvalue weighted by atomic mass is 32.2. The average Bonchev–Trinajstić information content (AvgIpc) is 3.42. The van der Waals surface area contributed by atoms with Crippen molar-refractivity contribution in [3.8, 4) is 11.4 Å². The monoisotopic (exact) mass is 628 g/mol. The highest BCUT2D eigenvalue weighted by molar-refractivity contribution is 7.89. The van der Waals surface area contributed by atoms with Crippen LogP contribution in [-0.4, -0.2) is 64.4 Å². The van der Waals surface area contributed by atoms with Crippen molar-refractivity contribution in [3.63, 3.8) is 0 Å². The molecule has 1 saturated heterocycles. The van der Waals surface area contributed by atoms with E-state index in [4.69, 9.17) is 9.72 Å². The zero-order valence-corrected chi connectivity index (χ0v) is 26.4. The van der Waals surface area contributed by atoms with Crippen LogP contribution in [0.4, 0.5) is 0 Å². The Balaban J connectivity index is 1.20. The molecular formula is C34H36N4O6S. The number of ether oxygens (including phenoxy) is 1. The number of piperazine rings is 1. The van der Waals surface area contributed by atoms with Gasteiger partial charge in [0.1, 0.15) is 6.61 Å². The molecule has 7 rings (SSSR count). The van der Waals surface area contributed by atoms with E-state index in [1.54, 1.807) is 34.0 Å². The van der Waals surface area contributed by atoms with Crippen molar-refractivity contribution >= 4 is 26.9 Å². The van der Waals surface area contributed by atoms with Gasteiger partial charge >= 0.3 is 5.97 Å². The standard InChI is InChI=1S/C34H36N4O6S/c1-4-34(41)28-17-30-31-26(19-38(30)32(39)27(28)20-44-33(34)40)25(24-7-5-6-8-29(24)35-31)18-36-13-15-37(16-14-36)45(42,43)23-11-9-22(10-12-23)21(2)3/h5-12,17,21,41H,4,13-16,18-20H2,1-3H3/t34-/m0/s1. The number of sulfonamides is 1. The molecule has 3 aliphatic rings. The summed E-state index contributed by atoms with van der Waals surface area (Å²) in [5.74, 6) is -0.424. The van der Waals surface area contributed by atoms with Gasteiger partial charge in [0.15, 0.2) is 5.60 Å². The molecule has 0 aliphatic carbocycles. The zero-order valence-electron chi connectivity index (χ0n) is 25.6. The Morgan fingerprint density at radius 2 is 1.71 bits per heavy atom. The fourth-order valence-electron chi connectivity index (χ4n) is 6.82. The van der Waals surface area contributed by atoms with E-state index >= 15 is 0 Å². The SMILES string of the molecule is CC[C@@]1(O)C(=O)OCc2c1cc1n(c2=O)Cc2c-1nc1ccccc1c2CN1CCN(S(=O)(=O)c2ccc(C(C)C)cc2)CC1. The molecule has 1 N–H and O–H groups in total. The van der Waals surface area contributed by atoms with Crippen LogP contribution in [0.25, 0.3) is 22.3 Å². The number of esters is 1. The summed E-state index contributed by atoms with van der Waals surface area (Å²) in [6.45, 7) is 8.39. The Morgan fingerprint density at radius 3 is 2.40 bits per heavy atom. The second-order valence-electron chi connectivity index (χ2n) is 12.4. The number of aromatic nitrogens is 2. The molecule has 2 aromatic carbocycles. The predicted molar refractivity (Wildman–Crippen MR) is 169 cm³/mol. The number of hydrogen-bond donors (Lipinski definition) is 1. The van der Waals surface area contributed by atoms with Crippen LogP contribution in [0.1, 0.15) is 60.9 Å². The first kappa shape index (κ1) is 29.8. The third-order valence-electron chi connectivity index (χ3n) is 9.61. The van der Waals surface area contributed by atoms with Gasteiger partial charge in [-0.2, -0.15) is 4.31 Å². The minimum absolute atomic E-state index is 0.0793. The summed E-state index contributed by atoms with van der Waals surface area (Å²) in [7, 11) is -3.61. The summed E-state index contributed by atoms with van der Waals surface area (Å²) in [6, 6.07) is 16.7. The minimum Gasteiger partial charge on any atom is -0.458 e. The quantitative estimate of drug-likeness (QED) is 0.283. The zero-order chi connectivity index (χ0) is 31.7. The van der Waals surface area contributed by atoms with Gasteiger partial charge < -0.3 is 14.4 Å². The molecule has 3 aliphatic heterocycles. The van der Waals surface area contributed by atoms with Gasteiger partial charge in [-0.1, -0.05) is 51.1 Å². The predicted octanol–water partition coefficient (Wildman–Crippen LogP) is 3.71. The molecule has 10 nitrogen and oxygen atoms in total. The number of carbonyl (C=O) groups excluding carboxylic acids is 1. The molecule has 0 saturated carbocycles. The van der Waals surface area contributed by atoms with Gasteiger partial charge in [-0.15, -0.1) is 0 Å². The molecule has 0 spiro atoms. The maximum atomic E-state index is 13.7. The molecule has 45 heavy (non-hydrogen) atoms. The maximum Gasteiger partial charge on any atom is 0.343 e. The van der Waals surface area contributed by atoms with Gasteiger partial charge in [-0.3, -0.25) is 9.69 Å². The van der Waals surface area contributed by atoms with Crippen molar-refractivity contribution in [2.75, 3.05) is 26.2 Å². The average molecular weight is 629 g/mol. The van der Waals surface area contributed by atoms with Gasteiger partial charge in [0.25, 0.3) is 5.56 Å². The number of rotatable bonds is 6. The fraction of sp³-hybridized carbons (Fsp3) is 0.382. The van der Waals surface area contributed by atoms with Gasteiger partial charge in [0, 0.05) is 49.2 Å². The normalized spacial score (nSPS) is 20.2. The smallest absolute Gasteiger partial charge is 0.343 e. The van der Waals surface area contributed by atoms with Crippen LogP contribution >= 0.6 is 0 Å². The van der Waals surface area contributed by atoms with Gasteiger partial charge in [0.05, 0.1) is 33.9 Å². The first-order valence-electron chi connectivity index (χ1n) is 15.4. The lowest BCUT2D eigenvalue weighted by atomic mass is 9.86. The van der Waals surface area contributed by atoms with E-state index in [2.05, 4.69) is 18.7 Å². The number of hydrogen-bond acceptors (Lipinski definition) is 8. The van der Waals surface area contributed by atoms with E-state index in [1.807, 2.05) is 36.4 Å². The number of fused-ring (bicyclic) bond motifs is 5. The van der Waals surface area contributed by atoms with Crippen molar-refractivity contribution in [2.45, 2.75) is 63.3 Å². The van der Waals surface area contributed by atoms with Crippen LogP contribution in [-0.2, 0) is 44.9 Å². The topological polar surface area (TPSA) is 122 Å². The number of carbonyl (C=O) groups is 1. The third-order valence-corrected chi connectivity index (χ3v) is 11.5. The molecule has 4 aromatic rings. The van der Waals surface area contributed by atoms with Crippen LogP contribution in [0.15, 0.2) is 64.3 Å². The van der Waals surface area contributed by atoms with Gasteiger partial charge in [0.2, 0.25) is 10.0 Å². The van der Waals surface area contributed by atoms with Crippen LogP contribution < -0.4 is 5.56 Å². The summed E-state index contributed by atoms with van der Waals surface area (Å²) < 4.78 is 35.3. The molecule has 2 aromatic heterocycles. The van der Waals surface area contributed by atoms with Gasteiger partial charge in [-0.05, 0) is 47.7 Å². The maximum absolute atomic E-state index is 13.7. The second kappa shape index (κ2) is 10.9. The highest BCUT2D eigenvalue weighted by Gasteiger charge is 2.45. The lowest BCUT2D eigenvalue weighted by Gasteiger charge is -2.34. The van der Waals surface area contributed by atoms with Crippen molar-refractivity contribution < 1.29 is 23.1 Å². The third kappa shape index (κ3) is 4.72. The molecule has 0 radical (unpaired) electrons. The lowest BCUT2D eigenvalue weighted by Crippen LogP contribution is -2.48. The van der Waals surface area contributed by atoms with Crippen molar-refractivity contribution in [1.82, 2.24) is 18.8 Å². The molecule has 0 unspecified atom stereocenters. The Labute approximate surface area is 261 Å². The van der Waals surface area contributed by atoms with E-state index < -0.39 is 21.6 Å². The van der Waals surface area contributed by atoms with Crippen LogP contribution in [0.2, 0.25) is 0 Å². The molecule has 0 bridgehead atoms. The molecule has 1 atom stereocenters. The van der Waals surface area contributed by atoms with Crippen molar-refractivity contribution in [1.29, 1.82) is 0 Å². The number of cyclic esters (lactones) is 1. The number of benzene rings is 2. The summed E-state index contributed by atoms with van der Waals surface area (Å²) >= 11 is 0. The summed E-state index contributed by atoms with van der Waals surface area (Å²) in [5.41, 5.74) is 3.46. The van der Waals surface area contributed by atoms with E-state index in [0.29, 0.717) is 61.5 Å². The molecule has 1 fully saturated rings. The fourth-order valence-corrected chi connectivity index (χ4v) is 8.24. The molecule has 5 heterocycles. The Morgan fingerprint density at radius 1 is 1.00 bits per heavy atom. The number of aliphatic hydroxyl groups is 1. The van der Waals surface area contributed by atoms with Crippen molar-refractivity contribution in [2.24, 2.45) is 0 Å². The molecule has 234 valence electrons. The van der Waals surface area contributed by atoms with Gasteiger partial charge in [-0.25, -0.2) is 18.2 Å². The molecule has 0 amide bonds. The first-order chi connectivity index (χ1) is 21.5. The minimum atomic E-state index is -3.61. The second-order valence-corrected chi connectivity index (χ2v) is 14.4. The Hall–Kier alpha value is -3.90. The molecular weight excluding hydrogens is 592 g/mol. The van der Waals surface area contributed by atoms with Crippen LogP contribution in [0, 0.1) is 0 Å². The number of pyridine rings is 2. The van der Waals surface area contributed by atoms with Crippen LogP contribution in [0.3, 0.4) is 0 Å². The van der Waals surface area contributed by atoms with E-state index in [1.165, 1.54) is 0 Å². The summed E-state index contributed by atoms with van der Waals surface area (Å²) in [6.07, 6.45) is 0.0793. The highest BCUT2D eigenvalue weighted by Crippen LogP contribution is 2.40. The van der Waals surface area contributed by atoms with E-state index in [9.17, 15) is 23.1 Å². The van der Waals surface area contributed by atoms with E-state index in [-0.39, 0.29) is 29.7 Å². The van der Waals surface area contributed by atoms with Crippen LogP contribution in [0.5, 0.6) is 0 Å². The summed E-state index contributed by atoms with van der Waals surface area (Å²) in [5, 5.41) is 12.2. The Bertz CT molecular complexity index is 2010. The Kier molecular flexibility index (Phi) is 7.20. The lowest BCUT2D eigenvalue weighted by molar-refractivity contribution is -0.172. The largest absolute Gasteiger partial charge is 0.458 e. The van der Waals surface area contributed by atoms with Crippen molar-refractivity contribution in [3.05, 3.63) is 92.8 Å².